The fourth-order valence-corrected chi connectivity index (χ4v) is 1.51. The Kier molecular flexibility index (Phi) is 3.46. The fraction of sp³-hybridized carbons (Fsp3) is 1.00. The van der Waals surface area contributed by atoms with Gasteiger partial charge in [0.25, 0.3) is 0 Å². The minimum absolute atomic E-state index is 0.0500. The summed E-state index contributed by atoms with van der Waals surface area (Å²) in [6, 6.07) is 0. The van der Waals surface area contributed by atoms with Crippen molar-refractivity contribution in [3.05, 3.63) is 0 Å². The van der Waals surface area contributed by atoms with Gasteiger partial charge >= 0.3 is 0 Å². The minimum Gasteiger partial charge on any atom is -0.394 e. The maximum absolute atomic E-state index is 9.68. The Hall–Kier alpha value is -0.240. The largest absolute Gasteiger partial charge is 0.394 e. The van der Waals surface area contributed by atoms with Crippen LogP contribution in [0.15, 0.2) is 0 Å². The zero-order chi connectivity index (χ0) is 10.9. The van der Waals surface area contributed by atoms with E-state index in [4.69, 9.17) is 9.84 Å². The van der Waals surface area contributed by atoms with Crippen LogP contribution in [0.4, 0.5) is 0 Å². The summed E-state index contributed by atoms with van der Waals surface area (Å²) in [5, 5.41) is 46.6. The van der Waals surface area contributed by atoms with Gasteiger partial charge in [-0.3, -0.25) is 0 Å². The lowest BCUT2D eigenvalue weighted by Gasteiger charge is -2.45. The number of hydrogen-bond acceptors (Lipinski definition) is 6. The number of aliphatic hydroxyl groups is 5. The number of rotatable bonds is 2. The van der Waals surface area contributed by atoms with Gasteiger partial charge in [-0.2, -0.15) is 0 Å². The summed E-state index contributed by atoms with van der Waals surface area (Å²) in [5.41, 5.74) is 0. The van der Waals surface area contributed by atoms with Gasteiger partial charge in [0, 0.05) is 6.42 Å². The predicted molar refractivity (Wildman–Crippen MR) is 45.2 cm³/mol. The van der Waals surface area contributed by atoms with Crippen LogP contribution in [-0.4, -0.2) is 62.3 Å². The topological polar surface area (TPSA) is 110 Å². The van der Waals surface area contributed by atoms with E-state index in [0.717, 1.165) is 0 Å². The van der Waals surface area contributed by atoms with E-state index in [1.54, 1.807) is 6.92 Å². The van der Waals surface area contributed by atoms with Crippen molar-refractivity contribution in [2.45, 2.75) is 43.5 Å². The first-order chi connectivity index (χ1) is 6.46. The summed E-state index contributed by atoms with van der Waals surface area (Å²) in [6.45, 7) is 1.02. The van der Waals surface area contributed by atoms with Gasteiger partial charge in [-0.1, -0.05) is 6.92 Å². The normalized spacial score (nSPS) is 49.3. The van der Waals surface area contributed by atoms with Crippen LogP contribution in [0.2, 0.25) is 0 Å². The molecule has 0 aliphatic carbocycles. The number of ether oxygens (including phenoxy) is 1. The molecule has 6 nitrogen and oxygen atoms in total. The molecule has 5 N–H and O–H groups in total. The molecular weight excluding hydrogens is 192 g/mol. The van der Waals surface area contributed by atoms with Gasteiger partial charge in [0.15, 0.2) is 5.79 Å². The van der Waals surface area contributed by atoms with Crippen molar-refractivity contribution >= 4 is 0 Å². The van der Waals surface area contributed by atoms with Gasteiger partial charge in [-0.05, 0) is 0 Å². The minimum atomic E-state index is -1.91. The Labute approximate surface area is 81.4 Å². The third-order valence-electron chi connectivity index (χ3n) is 2.56. The molecule has 0 amide bonds. The number of hydrogen-bond donors (Lipinski definition) is 5. The van der Waals surface area contributed by atoms with Gasteiger partial charge in [-0.15, -0.1) is 0 Å². The SMILES string of the molecule is CC[C@@]1(O)O[C@H](CO)[C@@H](O)[C@H](O)[C@H]1O. The first-order valence-electron chi connectivity index (χ1n) is 4.51. The molecule has 0 radical (unpaired) electrons. The van der Waals surface area contributed by atoms with Crippen LogP contribution in [0.5, 0.6) is 0 Å². The summed E-state index contributed by atoms with van der Waals surface area (Å²) in [6.07, 6.45) is -5.54. The van der Waals surface area contributed by atoms with E-state index < -0.39 is 36.8 Å². The molecule has 0 aromatic heterocycles. The fourth-order valence-electron chi connectivity index (χ4n) is 1.51. The summed E-state index contributed by atoms with van der Waals surface area (Å²) >= 11 is 0. The van der Waals surface area contributed by atoms with Crippen molar-refractivity contribution in [2.75, 3.05) is 6.61 Å². The van der Waals surface area contributed by atoms with E-state index >= 15 is 0 Å². The van der Waals surface area contributed by atoms with Crippen LogP contribution < -0.4 is 0 Å². The average Bonchev–Trinajstić information content (AvgIpc) is 2.20. The van der Waals surface area contributed by atoms with Crippen LogP contribution in [0.3, 0.4) is 0 Å². The van der Waals surface area contributed by atoms with E-state index in [1.807, 2.05) is 0 Å². The smallest absolute Gasteiger partial charge is 0.194 e. The second kappa shape index (κ2) is 4.09. The summed E-state index contributed by atoms with van der Waals surface area (Å²) in [7, 11) is 0. The molecule has 1 aliphatic heterocycles. The quantitative estimate of drug-likeness (QED) is 0.345. The lowest BCUT2D eigenvalue weighted by molar-refractivity contribution is -0.349. The van der Waals surface area contributed by atoms with E-state index in [2.05, 4.69) is 0 Å². The standard InChI is InChI=1S/C8H16O6/c1-2-8(13)7(12)6(11)5(10)4(3-9)14-8/h4-7,9-13H,2-3H2,1H3/t4-,5-,6+,7-,8-/m1/s1. The van der Waals surface area contributed by atoms with Gasteiger partial charge in [0.1, 0.15) is 24.4 Å². The van der Waals surface area contributed by atoms with Crippen molar-refractivity contribution in [2.24, 2.45) is 0 Å². The van der Waals surface area contributed by atoms with E-state index in [9.17, 15) is 20.4 Å². The first kappa shape index (κ1) is 11.8. The molecule has 6 heteroatoms. The molecule has 1 rings (SSSR count). The molecule has 1 fully saturated rings. The third kappa shape index (κ3) is 1.77. The van der Waals surface area contributed by atoms with E-state index in [0.29, 0.717) is 0 Å². The maximum atomic E-state index is 9.68. The van der Waals surface area contributed by atoms with Crippen LogP contribution in [0, 0.1) is 0 Å². The third-order valence-corrected chi connectivity index (χ3v) is 2.56. The van der Waals surface area contributed by atoms with Crippen LogP contribution in [-0.2, 0) is 4.74 Å². The zero-order valence-electron chi connectivity index (χ0n) is 7.87. The van der Waals surface area contributed by atoms with Crippen LogP contribution in [0.1, 0.15) is 13.3 Å². The zero-order valence-corrected chi connectivity index (χ0v) is 7.87. The average molecular weight is 208 g/mol. The lowest BCUT2D eigenvalue weighted by Crippen LogP contribution is -2.64. The number of aliphatic hydroxyl groups excluding tert-OH is 4. The first-order valence-corrected chi connectivity index (χ1v) is 4.51. The predicted octanol–water partition coefficient (Wildman–Crippen LogP) is -2.44. The highest BCUT2D eigenvalue weighted by Crippen LogP contribution is 2.30. The van der Waals surface area contributed by atoms with Crippen LogP contribution >= 0.6 is 0 Å². The molecule has 1 aliphatic rings. The van der Waals surface area contributed by atoms with Gasteiger partial charge in [0.2, 0.25) is 0 Å². The molecule has 5 atom stereocenters. The molecule has 84 valence electrons. The summed E-state index contributed by atoms with van der Waals surface area (Å²) in [5.74, 6) is -1.91. The highest BCUT2D eigenvalue weighted by Gasteiger charge is 2.51. The van der Waals surface area contributed by atoms with E-state index in [-0.39, 0.29) is 6.42 Å². The highest BCUT2D eigenvalue weighted by atomic mass is 16.7. The summed E-state index contributed by atoms with van der Waals surface area (Å²) in [4.78, 5) is 0. The maximum Gasteiger partial charge on any atom is 0.194 e. The second-order valence-electron chi connectivity index (χ2n) is 3.46. The van der Waals surface area contributed by atoms with Crippen molar-refractivity contribution < 1.29 is 30.3 Å². The Balaban J connectivity index is 2.84. The molecule has 0 saturated carbocycles. The molecule has 1 saturated heterocycles. The Morgan fingerprint density at radius 2 is 1.79 bits per heavy atom. The molecule has 0 aromatic rings. The van der Waals surface area contributed by atoms with Crippen molar-refractivity contribution in [3.8, 4) is 0 Å². The Bertz CT molecular complexity index is 196. The molecule has 0 spiro atoms. The van der Waals surface area contributed by atoms with Crippen LogP contribution in [0.25, 0.3) is 0 Å². The Morgan fingerprint density at radius 3 is 2.21 bits per heavy atom. The molecule has 0 bridgehead atoms. The molecule has 1 heterocycles. The molecule has 0 aromatic carbocycles. The highest BCUT2D eigenvalue weighted by molar-refractivity contribution is 4.95. The van der Waals surface area contributed by atoms with Gasteiger partial charge < -0.3 is 30.3 Å². The summed E-state index contributed by atoms with van der Waals surface area (Å²) < 4.78 is 4.91. The van der Waals surface area contributed by atoms with E-state index in [1.165, 1.54) is 0 Å². The van der Waals surface area contributed by atoms with Crippen molar-refractivity contribution in [3.63, 3.8) is 0 Å². The van der Waals surface area contributed by atoms with Gasteiger partial charge in [-0.25, -0.2) is 0 Å². The monoisotopic (exact) mass is 208 g/mol. The molecule has 0 unspecified atom stereocenters. The van der Waals surface area contributed by atoms with Crippen molar-refractivity contribution in [1.29, 1.82) is 0 Å². The van der Waals surface area contributed by atoms with Crippen molar-refractivity contribution in [1.82, 2.24) is 0 Å². The lowest BCUT2D eigenvalue weighted by atomic mass is 9.91. The second-order valence-corrected chi connectivity index (χ2v) is 3.46. The van der Waals surface area contributed by atoms with Gasteiger partial charge in [0.05, 0.1) is 6.61 Å². The Morgan fingerprint density at radius 1 is 1.21 bits per heavy atom. The molecular formula is C8H16O6. The molecule has 14 heavy (non-hydrogen) atoms.